The number of benzene rings is 2. The SMILES string of the molecule is CC(C)[C@H](NC(=O)N[C@@H](C)c1ccc(F)cc1)c1ccc2c(c1)OCCO2. The minimum absolute atomic E-state index is 0.179. The molecular weight excluding hydrogens is 347 g/mol. The van der Waals surface area contributed by atoms with Crippen molar-refractivity contribution in [1.29, 1.82) is 0 Å². The van der Waals surface area contributed by atoms with E-state index in [1.165, 1.54) is 12.1 Å². The van der Waals surface area contributed by atoms with Crippen molar-refractivity contribution in [2.75, 3.05) is 13.2 Å². The minimum Gasteiger partial charge on any atom is -0.486 e. The van der Waals surface area contributed by atoms with Crippen molar-refractivity contribution in [3.05, 3.63) is 59.4 Å². The van der Waals surface area contributed by atoms with Crippen LogP contribution < -0.4 is 20.1 Å². The topological polar surface area (TPSA) is 59.6 Å². The summed E-state index contributed by atoms with van der Waals surface area (Å²) in [6.07, 6.45) is 0. The quantitative estimate of drug-likeness (QED) is 0.820. The maximum absolute atomic E-state index is 13.1. The zero-order valence-corrected chi connectivity index (χ0v) is 15.8. The molecule has 0 aliphatic carbocycles. The zero-order chi connectivity index (χ0) is 19.4. The second kappa shape index (κ2) is 8.29. The first-order valence-corrected chi connectivity index (χ1v) is 9.16. The minimum atomic E-state index is -0.297. The highest BCUT2D eigenvalue weighted by molar-refractivity contribution is 5.75. The molecule has 0 aromatic heterocycles. The molecule has 2 aromatic rings. The zero-order valence-electron chi connectivity index (χ0n) is 15.8. The number of halogens is 1. The number of amides is 2. The molecule has 1 heterocycles. The highest BCUT2D eigenvalue weighted by Crippen LogP contribution is 2.34. The van der Waals surface area contributed by atoms with E-state index in [1.807, 2.05) is 39.0 Å². The Labute approximate surface area is 158 Å². The van der Waals surface area contributed by atoms with Gasteiger partial charge in [0.1, 0.15) is 19.0 Å². The molecular formula is C21H25FN2O3. The third-order valence-electron chi connectivity index (χ3n) is 4.60. The van der Waals surface area contributed by atoms with Gasteiger partial charge in [0.05, 0.1) is 12.1 Å². The van der Waals surface area contributed by atoms with E-state index >= 15 is 0 Å². The van der Waals surface area contributed by atoms with Gasteiger partial charge in [-0.15, -0.1) is 0 Å². The van der Waals surface area contributed by atoms with Crippen LogP contribution in [0.1, 0.15) is 44.0 Å². The van der Waals surface area contributed by atoms with E-state index in [4.69, 9.17) is 9.47 Å². The normalized spacial score (nSPS) is 15.1. The predicted molar refractivity (Wildman–Crippen MR) is 101 cm³/mol. The second-order valence-corrected chi connectivity index (χ2v) is 7.02. The lowest BCUT2D eigenvalue weighted by atomic mass is 9.95. The molecule has 5 nitrogen and oxygen atoms in total. The smallest absolute Gasteiger partial charge is 0.315 e. The third-order valence-corrected chi connectivity index (χ3v) is 4.60. The summed E-state index contributed by atoms with van der Waals surface area (Å²) in [7, 11) is 0. The Morgan fingerprint density at radius 2 is 1.56 bits per heavy atom. The van der Waals surface area contributed by atoms with Crippen LogP contribution >= 0.6 is 0 Å². The van der Waals surface area contributed by atoms with E-state index in [9.17, 15) is 9.18 Å². The number of fused-ring (bicyclic) bond motifs is 1. The summed E-state index contributed by atoms with van der Waals surface area (Å²) < 4.78 is 24.3. The van der Waals surface area contributed by atoms with Gasteiger partial charge < -0.3 is 20.1 Å². The van der Waals surface area contributed by atoms with Gasteiger partial charge in [-0.1, -0.05) is 32.0 Å². The van der Waals surface area contributed by atoms with Gasteiger partial charge in [0.2, 0.25) is 0 Å². The van der Waals surface area contributed by atoms with E-state index in [-0.39, 0.29) is 29.8 Å². The van der Waals surface area contributed by atoms with Crippen LogP contribution in [-0.2, 0) is 0 Å². The number of carbonyl (C=O) groups excluding carboxylic acids is 1. The van der Waals surface area contributed by atoms with E-state index < -0.39 is 0 Å². The van der Waals surface area contributed by atoms with Crippen LogP contribution in [0.25, 0.3) is 0 Å². The first kappa shape index (κ1) is 19.0. The standard InChI is InChI=1S/C21H25FN2O3/c1-13(2)20(16-6-9-18-19(12-16)27-11-10-26-18)24-21(25)23-14(3)15-4-7-17(22)8-5-15/h4-9,12-14,20H,10-11H2,1-3H3,(H2,23,24,25)/t14-,20-/m0/s1. The first-order valence-electron chi connectivity index (χ1n) is 9.16. The summed E-state index contributed by atoms with van der Waals surface area (Å²) in [6.45, 7) is 7.02. The number of urea groups is 1. The fourth-order valence-electron chi connectivity index (χ4n) is 3.10. The third kappa shape index (κ3) is 4.70. The molecule has 2 N–H and O–H groups in total. The number of nitrogens with one attached hydrogen (secondary N) is 2. The molecule has 0 saturated heterocycles. The Kier molecular flexibility index (Phi) is 5.84. The van der Waals surface area contributed by atoms with Crippen molar-refractivity contribution >= 4 is 6.03 Å². The van der Waals surface area contributed by atoms with Crippen LogP contribution in [0.2, 0.25) is 0 Å². The highest BCUT2D eigenvalue weighted by Gasteiger charge is 2.22. The number of carbonyl (C=O) groups is 1. The van der Waals surface area contributed by atoms with Crippen molar-refractivity contribution in [3.63, 3.8) is 0 Å². The van der Waals surface area contributed by atoms with Crippen molar-refractivity contribution < 1.29 is 18.7 Å². The molecule has 0 saturated carbocycles. The number of hydrogen-bond donors (Lipinski definition) is 2. The van der Waals surface area contributed by atoms with Crippen LogP contribution in [-0.4, -0.2) is 19.2 Å². The van der Waals surface area contributed by atoms with E-state index in [2.05, 4.69) is 10.6 Å². The van der Waals surface area contributed by atoms with Crippen molar-refractivity contribution in [2.45, 2.75) is 32.9 Å². The summed E-state index contributed by atoms with van der Waals surface area (Å²) in [5.74, 6) is 1.31. The average Bonchev–Trinajstić information content (AvgIpc) is 2.66. The van der Waals surface area contributed by atoms with Gasteiger partial charge in [0.15, 0.2) is 11.5 Å². The van der Waals surface area contributed by atoms with Gasteiger partial charge in [-0.25, -0.2) is 9.18 Å². The summed E-state index contributed by atoms with van der Waals surface area (Å²) >= 11 is 0. The largest absolute Gasteiger partial charge is 0.486 e. The fraction of sp³-hybridized carbons (Fsp3) is 0.381. The maximum Gasteiger partial charge on any atom is 0.315 e. The van der Waals surface area contributed by atoms with Crippen LogP contribution in [0.5, 0.6) is 11.5 Å². The Hall–Kier alpha value is -2.76. The molecule has 2 aromatic carbocycles. The Morgan fingerprint density at radius 1 is 0.926 bits per heavy atom. The van der Waals surface area contributed by atoms with Crippen LogP contribution in [0, 0.1) is 11.7 Å². The molecule has 0 spiro atoms. The lowest BCUT2D eigenvalue weighted by Gasteiger charge is -2.26. The van der Waals surface area contributed by atoms with Crippen LogP contribution in [0.3, 0.4) is 0 Å². The molecule has 144 valence electrons. The van der Waals surface area contributed by atoms with Crippen molar-refractivity contribution in [1.82, 2.24) is 10.6 Å². The Morgan fingerprint density at radius 3 is 2.22 bits per heavy atom. The molecule has 0 unspecified atom stereocenters. The second-order valence-electron chi connectivity index (χ2n) is 7.02. The van der Waals surface area contributed by atoms with Gasteiger partial charge in [-0.3, -0.25) is 0 Å². The van der Waals surface area contributed by atoms with Gasteiger partial charge in [-0.2, -0.15) is 0 Å². The monoisotopic (exact) mass is 372 g/mol. The molecule has 6 heteroatoms. The lowest BCUT2D eigenvalue weighted by molar-refractivity contribution is 0.171. The fourth-order valence-corrected chi connectivity index (χ4v) is 3.10. The molecule has 2 atom stereocenters. The van der Waals surface area contributed by atoms with Crippen LogP contribution in [0.4, 0.5) is 9.18 Å². The summed E-state index contributed by atoms with van der Waals surface area (Å²) in [5, 5.41) is 5.94. The van der Waals surface area contributed by atoms with Gasteiger partial charge >= 0.3 is 6.03 Å². The molecule has 2 amide bonds. The molecule has 0 radical (unpaired) electrons. The number of rotatable bonds is 5. The Bertz CT molecular complexity index is 793. The van der Waals surface area contributed by atoms with Crippen LogP contribution in [0.15, 0.2) is 42.5 Å². The Balaban J connectivity index is 1.68. The number of ether oxygens (including phenoxy) is 2. The molecule has 27 heavy (non-hydrogen) atoms. The van der Waals surface area contributed by atoms with E-state index in [0.29, 0.717) is 19.0 Å². The summed E-state index contributed by atoms with van der Waals surface area (Å²) in [5.41, 5.74) is 1.80. The van der Waals surface area contributed by atoms with Gasteiger partial charge in [0, 0.05) is 0 Å². The average molecular weight is 372 g/mol. The number of hydrogen-bond acceptors (Lipinski definition) is 3. The van der Waals surface area contributed by atoms with E-state index in [1.54, 1.807) is 12.1 Å². The summed E-state index contributed by atoms with van der Waals surface area (Å²) in [6, 6.07) is 11.2. The first-order chi connectivity index (χ1) is 12.9. The van der Waals surface area contributed by atoms with Crippen molar-refractivity contribution in [3.8, 4) is 11.5 Å². The maximum atomic E-state index is 13.1. The molecule has 0 bridgehead atoms. The molecule has 3 rings (SSSR count). The van der Waals surface area contributed by atoms with E-state index in [0.717, 1.165) is 16.9 Å². The highest BCUT2D eigenvalue weighted by atomic mass is 19.1. The van der Waals surface area contributed by atoms with Crippen molar-refractivity contribution in [2.24, 2.45) is 5.92 Å². The lowest BCUT2D eigenvalue weighted by Crippen LogP contribution is -2.40. The molecule has 0 fully saturated rings. The van der Waals surface area contributed by atoms with Gasteiger partial charge in [0.25, 0.3) is 0 Å². The predicted octanol–water partition coefficient (Wildman–Crippen LogP) is 4.35. The summed E-state index contributed by atoms with van der Waals surface area (Å²) in [4.78, 5) is 12.5. The van der Waals surface area contributed by atoms with Gasteiger partial charge in [-0.05, 0) is 48.2 Å². The molecule has 1 aliphatic rings. The molecule has 1 aliphatic heterocycles.